The molecule has 1 heterocycles. The Morgan fingerprint density at radius 1 is 0.655 bits per heavy atom. The fraction of sp³-hybridized carbons (Fsp3) is 0.889. The first-order valence-electron chi connectivity index (χ1n) is 13.3. The van der Waals surface area contributed by atoms with E-state index in [1.807, 2.05) is 0 Å². The molecule has 0 amide bonds. The Morgan fingerprint density at radius 2 is 1.14 bits per heavy atom. The van der Waals surface area contributed by atoms with Crippen LogP contribution in [0.1, 0.15) is 161 Å². The first kappa shape index (κ1) is 26.2. The van der Waals surface area contributed by atoms with Crippen molar-refractivity contribution >= 4 is 0 Å². The van der Waals surface area contributed by atoms with Gasteiger partial charge < -0.3 is 0 Å². The third-order valence-corrected chi connectivity index (χ3v) is 6.64. The van der Waals surface area contributed by atoms with Crippen LogP contribution in [0.5, 0.6) is 0 Å². The number of hydrogen-bond donors (Lipinski definition) is 1. The average molecular weight is 406 g/mol. The van der Waals surface area contributed by atoms with Gasteiger partial charge in [0, 0.05) is 0 Å². The van der Waals surface area contributed by atoms with E-state index in [2.05, 4.69) is 49.6 Å². The van der Waals surface area contributed by atoms with Gasteiger partial charge in [-0.2, -0.15) is 0 Å². The SMILES string of the molecule is CCCCCCCCCCCCCC(CCCC)c1[nH]cc[n+]1C(C)CCCC. The number of hydrogen-bond acceptors (Lipinski definition) is 0. The highest BCUT2D eigenvalue weighted by Crippen LogP contribution is 2.26. The predicted octanol–water partition coefficient (Wildman–Crippen LogP) is 9.03. The Hall–Kier alpha value is -0.790. The van der Waals surface area contributed by atoms with Crippen molar-refractivity contribution in [1.29, 1.82) is 0 Å². The average Bonchev–Trinajstić information content (AvgIpc) is 3.22. The lowest BCUT2D eigenvalue weighted by Crippen LogP contribution is -2.41. The minimum atomic E-state index is 0.623. The monoisotopic (exact) mass is 405 g/mol. The lowest BCUT2D eigenvalue weighted by molar-refractivity contribution is -0.727. The minimum Gasteiger partial charge on any atom is -0.247 e. The zero-order valence-corrected chi connectivity index (χ0v) is 20.5. The summed E-state index contributed by atoms with van der Waals surface area (Å²) in [5, 5.41) is 0. The number of rotatable bonds is 20. The highest BCUT2D eigenvalue weighted by molar-refractivity contribution is 4.90. The zero-order chi connectivity index (χ0) is 21.2. The summed E-state index contributed by atoms with van der Waals surface area (Å²) in [7, 11) is 0. The molecule has 1 aromatic heterocycles. The summed E-state index contributed by atoms with van der Waals surface area (Å²) < 4.78 is 2.55. The summed E-state index contributed by atoms with van der Waals surface area (Å²) in [4.78, 5) is 3.62. The highest BCUT2D eigenvalue weighted by atomic mass is 15.1. The summed E-state index contributed by atoms with van der Waals surface area (Å²) in [5.41, 5.74) is 0. The van der Waals surface area contributed by atoms with E-state index >= 15 is 0 Å². The van der Waals surface area contributed by atoms with Gasteiger partial charge in [-0.25, -0.2) is 9.55 Å². The second kappa shape index (κ2) is 18.0. The van der Waals surface area contributed by atoms with E-state index in [1.54, 1.807) is 0 Å². The second-order valence-corrected chi connectivity index (χ2v) is 9.41. The first-order chi connectivity index (χ1) is 14.2. The molecule has 0 radical (unpaired) electrons. The van der Waals surface area contributed by atoms with E-state index in [9.17, 15) is 0 Å². The Labute approximate surface area is 183 Å². The Bertz CT molecular complexity index is 465. The second-order valence-electron chi connectivity index (χ2n) is 9.41. The Morgan fingerprint density at radius 3 is 1.72 bits per heavy atom. The van der Waals surface area contributed by atoms with E-state index in [0.717, 1.165) is 0 Å². The molecule has 2 unspecified atom stereocenters. The zero-order valence-electron chi connectivity index (χ0n) is 20.5. The van der Waals surface area contributed by atoms with Crippen LogP contribution in [-0.4, -0.2) is 4.98 Å². The van der Waals surface area contributed by atoms with Crippen molar-refractivity contribution in [2.24, 2.45) is 0 Å². The molecule has 170 valence electrons. The fourth-order valence-electron chi connectivity index (χ4n) is 4.63. The number of aromatic amines is 1. The van der Waals surface area contributed by atoms with Gasteiger partial charge in [0.15, 0.2) is 0 Å². The number of aromatic nitrogens is 2. The molecule has 0 aliphatic heterocycles. The molecule has 1 N–H and O–H groups in total. The van der Waals surface area contributed by atoms with Crippen LogP contribution in [0, 0.1) is 0 Å². The molecule has 0 spiro atoms. The first-order valence-corrected chi connectivity index (χ1v) is 13.3. The summed E-state index contributed by atoms with van der Waals surface area (Å²) in [5.74, 6) is 2.21. The molecule has 1 rings (SSSR count). The lowest BCUT2D eigenvalue weighted by Gasteiger charge is -2.17. The minimum absolute atomic E-state index is 0.623. The summed E-state index contributed by atoms with van der Waals surface area (Å²) in [6.45, 7) is 9.32. The van der Waals surface area contributed by atoms with Crippen molar-refractivity contribution in [2.45, 2.75) is 155 Å². The number of nitrogens with one attached hydrogen (secondary N) is 1. The Kier molecular flexibility index (Phi) is 16.3. The standard InChI is InChI=1S/C27H52N2/c1-5-8-11-12-13-14-15-16-17-18-19-22-26(21-10-7-3)27-28-23-24-29(27)25(4)20-9-6-2/h23-26H,5-22H2,1-4H3/p+1. The van der Waals surface area contributed by atoms with E-state index in [1.165, 1.54) is 121 Å². The van der Waals surface area contributed by atoms with Crippen LogP contribution in [0.25, 0.3) is 0 Å². The van der Waals surface area contributed by atoms with Gasteiger partial charge in [-0.1, -0.05) is 111 Å². The summed E-state index contributed by atoms with van der Waals surface area (Å²) >= 11 is 0. The molecule has 2 nitrogen and oxygen atoms in total. The van der Waals surface area contributed by atoms with Gasteiger partial charge in [0.05, 0.1) is 12.0 Å². The predicted molar refractivity (Wildman–Crippen MR) is 129 cm³/mol. The third-order valence-electron chi connectivity index (χ3n) is 6.64. The molecular formula is C27H53N2+. The largest absolute Gasteiger partial charge is 0.257 e. The Balaban J connectivity index is 2.31. The van der Waals surface area contributed by atoms with Crippen LogP contribution in [0.4, 0.5) is 0 Å². The molecule has 2 heteroatoms. The molecule has 29 heavy (non-hydrogen) atoms. The maximum atomic E-state index is 3.62. The van der Waals surface area contributed by atoms with Crippen LogP contribution >= 0.6 is 0 Å². The maximum absolute atomic E-state index is 3.62. The van der Waals surface area contributed by atoms with Crippen LogP contribution in [0.3, 0.4) is 0 Å². The van der Waals surface area contributed by atoms with Gasteiger partial charge in [-0.3, -0.25) is 0 Å². The summed E-state index contributed by atoms with van der Waals surface area (Å²) in [6.07, 6.45) is 29.5. The molecule has 2 atom stereocenters. The van der Waals surface area contributed by atoms with E-state index < -0.39 is 0 Å². The fourth-order valence-corrected chi connectivity index (χ4v) is 4.63. The van der Waals surface area contributed by atoms with E-state index in [0.29, 0.717) is 12.0 Å². The van der Waals surface area contributed by atoms with Crippen molar-refractivity contribution in [2.75, 3.05) is 0 Å². The van der Waals surface area contributed by atoms with Gasteiger partial charge in [-0.15, -0.1) is 0 Å². The molecule has 0 saturated carbocycles. The van der Waals surface area contributed by atoms with Gasteiger partial charge in [-0.05, 0) is 32.6 Å². The summed E-state index contributed by atoms with van der Waals surface area (Å²) in [6, 6.07) is 0.623. The third kappa shape index (κ3) is 11.8. The molecule has 0 saturated heterocycles. The smallest absolute Gasteiger partial charge is 0.247 e. The van der Waals surface area contributed by atoms with E-state index in [4.69, 9.17) is 0 Å². The normalized spacial score (nSPS) is 13.7. The van der Waals surface area contributed by atoms with Gasteiger partial charge in [0.2, 0.25) is 0 Å². The van der Waals surface area contributed by atoms with Crippen LogP contribution in [0.2, 0.25) is 0 Å². The topological polar surface area (TPSA) is 19.7 Å². The van der Waals surface area contributed by atoms with Crippen molar-refractivity contribution in [1.82, 2.24) is 4.98 Å². The highest BCUT2D eigenvalue weighted by Gasteiger charge is 2.25. The van der Waals surface area contributed by atoms with Crippen molar-refractivity contribution < 1.29 is 4.57 Å². The van der Waals surface area contributed by atoms with Crippen molar-refractivity contribution in [3.63, 3.8) is 0 Å². The van der Waals surface area contributed by atoms with Crippen molar-refractivity contribution in [3.05, 3.63) is 18.2 Å². The molecule has 0 bridgehead atoms. The van der Waals surface area contributed by atoms with Gasteiger partial charge >= 0.3 is 0 Å². The number of H-pyrrole nitrogens is 1. The lowest BCUT2D eigenvalue weighted by atomic mass is 9.93. The quantitative estimate of drug-likeness (QED) is 0.165. The van der Waals surface area contributed by atoms with Gasteiger partial charge in [0.25, 0.3) is 5.82 Å². The van der Waals surface area contributed by atoms with E-state index in [-0.39, 0.29) is 0 Å². The molecule has 1 aromatic rings. The molecule has 0 fully saturated rings. The number of imidazole rings is 1. The van der Waals surface area contributed by atoms with Crippen LogP contribution in [0.15, 0.2) is 12.4 Å². The molecular weight excluding hydrogens is 352 g/mol. The maximum Gasteiger partial charge on any atom is 0.257 e. The van der Waals surface area contributed by atoms with Crippen molar-refractivity contribution in [3.8, 4) is 0 Å². The van der Waals surface area contributed by atoms with Crippen LogP contribution in [-0.2, 0) is 0 Å². The molecule has 0 aliphatic rings. The van der Waals surface area contributed by atoms with Crippen LogP contribution < -0.4 is 4.57 Å². The van der Waals surface area contributed by atoms with Gasteiger partial charge in [0.1, 0.15) is 12.4 Å². The number of nitrogens with zero attached hydrogens (tertiary/aromatic N) is 1. The molecule has 0 aromatic carbocycles. The number of unbranched alkanes of at least 4 members (excludes halogenated alkanes) is 12. The molecule has 0 aliphatic carbocycles.